The molecule has 1 fully saturated rings. The standard InChI is InChI=1S/C24H30N10/c1-4-33-5-7-34(8-6-33)12-16-9-14(2)10-17(15(16)3)21-19-20(27)18(11-25)22(28)31-23(19)32-24(30-21)29-13-26/h9-10,21H,4-8,12H2,1-3H3,(H6,27,28,29,30,31,32). The van der Waals surface area contributed by atoms with Gasteiger partial charge in [-0.3, -0.25) is 10.2 Å². The van der Waals surface area contributed by atoms with Crippen LogP contribution in [0.5, 0.6) is 0 Å². The fraction of sp³-hybridized carbons (Fsp3) is 0.417. The lowest BCUT2D eigenvalue weighted by molar-refractivity contribution is 0.131. The van der Waals surface area contributed by atoms with Crippen LogP contribution < -0.4 is 22.1 Å². The van der Waals surface area contributed by atoms with Gasteiger partial charge < -0.3 is 21.7 Å². The van der Waals surface area contributed by atoms with Gasteiger partial charge in [0.2, 0.25) is 5.96 Å². The van der Waals surface area contributed by atoms with Crippen LogP contribution in [0, 0.1) is 36.6 Å². The van der Waals surface area contributed by atoms with Gasteiger partial charge in [0.1, 0.15) is 29.3 Å². The van der Waals surface area contributed by atoms with Crippen molar-refractivity contribution < 1.29 is 0 Å². The number of hydrogen-bond acceptors (Lipinski definition) is 10. The number of guanidine groups is 1. The molecular formula is C24H30N10. The monoisotopic (exact) mass is 458 g/mol. The Kier molecular flexibility index (Phi) is 6.55. The molecule has 10 nitrogen and oxygen atoms in total. The fourth-order valence-corrected chi connectivity index (χ4v) is 4.72. The SMILES string of the molecule is CCN1CCN(Cc2cc(C)cc(C3N=C(NC#N)Nc4nc(N)c(C#N)c(N)c43)c2C)CC1. The molecule has 0 saturated carbocycles. The molecule has 0 aliphatic carbocycles. The van der Waals surface area contributed by atoms with E-state index in [1.165, 1.54) is 5.56 Å². The zero-order valence-electron chi connectivity index (χ0n) is 19.8. The van der Waals surface area contributed by atoms with Gasteiger partial charge in [-0.25, -0.2) is 9.98 Å². The Balaban J connectivity index is 1.78. The molecule has 1 saturated heterocycles. The maximum absolute atomic E-state index is 9.58. The van der Waals surface area contributed by atoms with Gasteiger partial charge >= 0.3 is 0 Å². The summed E-state index contributed by atoms with van der Waals surface area (Å²) >= 11 is 0. The molecule has 1 aromatic heterocycles. The van der Waals surface area contributed by atoms with E-state index in [0.29, 0.717) is 11.4 Å². The van der Waals surface area contributed by atoms with E-state index in [4.69, 9.17) is 16.5 Å². The summed E-state index contributed by atoms with van der Waals surface area (Å²) in [5.74, 6) is 0.690. The number of nitrogens with zero attached hydrogens (tertiary/aromatic N) is 6. The van der Waals surface area contributed by atoms with Crippen LogP contribution in [0.3, 0.4) is 0 Å². The number of aryl methyl sites for hydroxylation is 1. The molecule has 34 heavy (non-hydrogen) atoms. The molecule has 3 heterocycles. The smallest absolute Gasteiger partial charge is 0.211 e. The number of fused-ring (bicyclic) bond motifs is 1. The van der Waals surface area contributed by atoms with E-state index < -0.39 is 6.04 Å². The van der Waals surface area contributed by atoms with Gasteiger partial charge in [0, 0.05) is 38.3 Å². The summed E-state index contributed by atoms with van der Waals surface area (Å²) in [6, 6.07) is 5.82. The van der Waals surface area contributed by atoms with Crippen molar-refractivity contribution >= 4 is 23.3 Å². The molecule has 1 atom stereocenters. The van der Waals surface area contributed by atoms with Crippen LogP contribution in [0.1, 0.15) is 46.3 Å². The third-order valence-electron chi connectivity index (χ3n) is 6.66. The molecule has 2 aliphatic rings. The number of pyridine rings is 1. The summed E-state index contributed by atoms with van der Waals surface area (Å²) in [5, 5.41) is 24.3. The van der Waals surface area contributed by atoms with Crippen LogP contribution in [0.25, 0.3) is 0 Å². The van der Waals surface area contributed by atoms with Crippen LogP contribution in [0.4, 0.5) is 17.3 Å². The Hall–Kier alpha value is -3.86. The molecule has 0 amide bonds. The summed E-state index contributed by atoms with van der Waals surface area (Å²) in [6.45, 7) is 12.5. The molecule has 4 rings (SSSR count). The normalized spacial score (nSPS) is 18.3. The van der Waals surface area contributed by atoms with Crippen molar-refractivity contribution in [3.05, 3.63) is 45.5 Å². The van der Waals surface area contributed by atoms with Gasteiger partial charge in [0.05, 0.1) is 5.69 Å². The van der Waals surface area contributed by atoms with E-state index in [1.54, 1.807) is 0 Å². The van der Waals surface area contributed by atoms with Crippen molar-refractivity contribution in [1.29, 1.82) is 10.5 Å². The summed E-state index contributed by atoms with van der Waals surface area (Å²) in [7, 11) is 0. The van der Waals surface area contributed by atoms with Crippen LogP contribution in [0.15, 0.2) is 17.1 Å². The molecule has 0 bridgehead atoms. The number of likely N-dealkylation sites (N-methyl/N-ethyl adjacent to an activating group) is 1. The number of anilines is 3. The highest BCUT2D eigenvalue weighted by atomic mass is 15.3. The van der Waals surface area contributed by atoms with Crippen LogP contribution in [0.2, 0.25) is 0 Å². The number of nitrogens with two attached hydrogens (primary N) is 2. The number of aliphatic imine (C=N–C) groups is 1. The fourth-order valence-electron chi connectivity index (χ4n) is 4.72. The first kappa shape index (κ1) is 23.3. The summed E-state index contributed by atoms with van der Waals surface area (Å²) in [6.07, 6.45) is 1.90. The van der Waals surface area contributed by atoms with E-state index in [0.717, 1.165) is 56.0 Å². The second kappa shape index (κ2) is 9.56. The molecule has 2 aliphatic heterocycles. The largest absolute Gasteiger partial charge is 0.397 e. The van der Waals surface area contributed by atoms with Gasteiger partial charge in [0.15, 0.2) is 6.19 Å². The van der Waals surface area contributed by atoms with Crippen molar-refractivity contribution in [1.82, 2.24) is 20.1 Å². The minimum atomic E-state index is -0.539. The lowest BCUT2D eigenvalue weighted by atomic mass is 9.88. The number of hydrogen-bond donors (Lipinski definition) is 4. The van der Waals surface area contributed by atoms with Crippen molar-refractivity contribution in [3.8, 4) is 12.3 Å². The maximum Gasteiger partial charge on any atom is 0.211 e. The number of nitrogen functional groups attached to an aromatic ring is 2. The number of rotatable bonds is 4. The maximum atomic E-state index is 9.58. The van der Waals surface area contributed by atoms with Crippen LogP contribution >= 0.6 is 0 Å². The Morgan fingerprint density at radius 3 is 2.50 bits per heavy atom. The number of nitrogens with one attached hydrogen (secondary N) is 2. The molecular weight excluding hydrogens is 428 g/mol. The topological polar surface area (TPSA) is 155 Å². The Bertz CT molecular complexity index is 1210. The Morgan fingerprint density at radius 1 is 1.15 bits per heavy atom. The highest BCUT2D eigenvalue weighted by molar-refractivity contribution is 5.98. The zero-order chi connectivity index (χ0) is 24.4. The first-order chi connectivity index (χ1) is 16.4. The number of benzene rings is 1. The number of nitriles is 2. The average Bonchev–Trinajstić information content (AvgIpc) is 2.81. The highest BCUT2D eigenvalue weighted by Crippen LogP contribution is 2.42. The predicted molar refractivity (Wildman–Crippen MR) is 133 cm³/mol. The van der Waals surface area contributed by atoms with Crippen molar-refractivity contribution in [3.63, 3.8) is 0 Å². The molecule has 1 aromatic carbocycles. The van der Waals surface area contributed by atoms with Gasteiger partial charge in [-0.1, -0.05) is 24.6 Å². The van der Waals surface area contributed by atoms with Gasteiger partial charge in [-0.15, -0.1) is 0 Å². The van der Waals surface area contributed by atoms with Gasteiger partial charge in [-0.2, -0.15) is 10.5 Å². The first-order valence-electron chi connectivity index (χ1n) is 11.4. The second-order valence-electron chi connectivity index (χ2n) is 8.75. The number of aromatic nitrogens is 1. The quantitative estimate of drug-likeness (QED) is 0.396. The van der Waals surface area contributed by atoms with Crippen LogP contribution in [-0.4, -0.2) is 53.5 Å². The van der Waals surface area contributed by atoms with E-state index in [-0.39, 0.29) is 23.0 Å². The minimum absolute atomic E-state index is 0.0380. The number of piperazine rings is 1. The van der Waals surface area contributed by atoms with Gasteiger partial charge in [0.25, 0.3) is 0 Å². The highest BCUT2D eigenvalue weighted by Gasteiger charge is 2.31. The summed E-state index contributed by atoms with van der Waals surface area (Å²) in [5.41, 5.74) is 17.8. The predicted octanol–water partition coefficient (Wildman–Crippen LogP) is 1.81. The third-order valence-corrected chi connectivity index (χ3v) is 6.66. The zero-order valence-corrected chi connectivity index (χ0v) is 19.8. The van der Waals surface area contributed by atoms with E-state index in [1.807, 2.05) is 6.19 Å². The first-order valence-corrected chi connectivity index (χ1v) is 11.4. The molecule has 10 heteroatoms. The molecule has 6 N–H and O–H groups in total. The van der Waals surface area contributed by atoms with Gasteiger partial charge in [-0.05, 0) is 37.1 Å². The Labute approximate surface area is 199 Å². The van der Waals surface area contributed by atoms with Crippen molar-refractivity contribution in [2.75, 3.05) is 49.5 Å². The van der Waals surface area contributed by atoms with Crippen LogP contribution in [-0.2, 0) is 6.54 Å². The second-order valence-corrected chi connectivity index (χ2v) is 8.75. The van der Waals surface area contributed by atoms with E-state index >= 15 is 0 Å². The average molecular weight is 459 g/mol. The summed E-state index contributed by atoms with van der Waals surface area (Å²) < 4.78 is 0. The van der Waals surface area contributed by atoms with Crippen molar-refractivity contribution in [2.45, 2.75) is 33.4 Å². The lowest BCUT2D eigenvalue weighted by Crippen LogP contribution is -2.45. The molecule has 0 radical (unpaired) electrons. The summed E-state index contributed by atoms with van der Waals surface area (Å²) in [4.78, 5) is 14.0. The molecule has 176 valence electrons. The molecule has 2 aromatic rings. The molecule has 0 spiro atoms. The lowest BCUT2D eigenvalue weighted by Gasteiger charge is -2.34. The third kappa shape index (κ3) is 4.34. The Morgan fingerprint density at radius 2 is 1.85 bits per heavy atom. The van der Waals surface area contributed by atoms with Crippen molar-refractivity contribution in [2.24, 2.45) is 4.99 Å². The van der Waals surface area contributed by atoms with E-state index in [9.17, 15) is 10.5 Å². The minimum Gasteiger partial charge on any atom is -0.397 e. The van der Waals surface area contributed by atoms with E-state index in [2.05, 4.69) is 64.4 Å². The molecule has 1 unspecified atom stereocenters.